The molecule has 4 rings (SSSR count). The first-order valence-electron chi connectivity index (χ1n) is 8.21. The van der Waals surface area contributed by atoms with E-state index in [1.54, 1.807) is 0 Å². The molecule has 0 saturated heterocycles. The van der Waals surface area contributed by atoms with Crippen molar-refractivity contribution in [1.82, 2.24) is 5.32 Å². The van der Waals surface area contributed by atoms with Crippen molar-refractivity contribution >= 4 is 26.7 Å². The molecule has 0 heterocycles. The Hall–Kier alpha value is -0.860. The average molecular weight is 344 g/mol. The zero-order chi connectivity index (χ0) is 14.4. The van der Waals surface area contributed by atoms with Crippen molar-refractivity contribution in [2.75, 3.05) is 6.54 Å². The molecule has 0 spiro atoms. The Labute approximate surface area is 135 Å². The Morgan fingerprint density at radius 2 is 1.81 bits per heavy atom. The van der Waals surface area contributed by atoms with E-state index < -0.39 is 0 Å². The third-order valence-electron chi connectivity index (χ3n) is 5.52. The van der Waals surface area contributed by atoms with Gasteiger partial charge in [-0.25, -0.2) is 0 Å². The van der Waals surface area contributed by atoms with Gasteiger partial charge in [0.15, 0.2) is 0 Å². The zero-order valence-corrected chi connectivity index (χ0v) is 14.1. The number of nitrogens with one attached hydrogen (secondary N) is 1. The maximum Gasteiger partial charge on any atom is 0.0360 e. The summed E-state index contributed by atoms with van der Waals surface area (Å²) < 4.78 is 1.20. The summed E-state index contributed by atoms with van der Waals surface area (Å²) in [5.74, 6) is 2.83. The van der Waals surface area contributed by atoms with Crippen LogP contribution in [-0.4, -0.2) is 6.54 Å². The van der Waals surface area contributed by atoms with Crippen LogP contribution in [0.4, 0.5) is 0 Å². The minimum Gasteiger partial charge on any atom is -0.310 e. The summed E-state index contributed by atoms with van der Waals surface area (Å²) in [5, 5.41) is 6.53. The molecular formula is C19H22BrN. The second-order valence-electron chi connectivity index (χ2n) is 6.55. The number of fused-ring (bicyclic) bond motifs is 2. The molecule has 1 nitrogen and oxygen atoms in total. The number of hydrogen-bond acceptors (Lipinski definition) is 1. The SMILES string of the molecule is CCNC(c1ccc(Br)c2ccccc12)C1C2CCCC21. The molecule has 2 aromatic carbocycles. The van der Waals surface area contributed by atoms with Gasteiger partial charge >= 0.3 is 0 Å². The van der Waals surface area contributed by atoms with Crippen LogP contribution >= 0.6 is 15.9 Å². The molecule has 110 valence electrons. The van der Waals surface area contributed by atoms with Gasteiger partial charge in [0.1, 0.15) is 0 Å². The van der Waals surface area contributed by atoms with Crippen LogP contribution in [0.2, 0.25) is 0 Å². The van der Waals surface area contributed by atoms with Gasteiger partial charge in [0.2, 0.25) is 0 Å². The summed E-state index contributed by atoms with van der Waals surface area (Å²) in [4.78, 5) is 0. The number of hydrogen-bond donors (Lipinski definition) is 1. The van der Waals surface area contributed by atoms with Gasteiger partial charge < -0.3 is 5.32 Å². The molecular weight excluding hydrogens is 322 g/mol. The van der Waals surface area contributed by atoms with Crippen molar-refractivity contribution in [3.8, 4) is 0 Å². The lowest BCUT2D eigenvalue weighted by molar-refractivity contribution is 0.428. The van der Waals surface area contributed by atoms with E-state index in [4.69, 9.17) is 0 Å². The van der Waals surface area contributed by atoms with E-state index in [0.29, 0.717) is 6.04 Å². The lowest BCUT2D eigenvalue weighted by atomic mass is 9.92. The topological polar surface area (TPSA) is 12.0 Å². The summed E-state index contributed by atoms with van der Waals surface area (Å²) in [6, 6.07) is 13.9. The maximum atomic E-state index is 3.79. The molecule has 0 amide bonds. The highest BCUT2D eigenvalue weighted by atomic mass is 79.9. The molecule has 0 bridgehead atoms. The fraction of sp³-hybridized carbons (Fsp3) is 0.474. The lowest BCUT2D eigenvalue weighted by Crippen LogP contribution is -2.24. The van der Waals surface area contributed by atoms with Crippen LogP contribution in [0.1, 0.15) is 37.8 Å². The highest BCUT2D eigenvalue weighted by Crippen LogP contribution is 2.62. The standard InChI is InChI=1S/C19H22BrN/c1-2-21-19(18-14-8-5-9-15(14)18)16-10-11-17(20)13-7-4-3-6-12(13)16/h3-4,6-7,10-11,14-15,18-19,21H,2,5,8-9H2,1H3. The second-order valence-corrected chi connectivity index (χ2v) is 7.41. The molecule has 2 aliphatic rings. The van der Waals surface area contributed by atoms with Crippen LogP contribution in [0.15, 0.2) is 40.9 Å². The third-order valence-corrected chi connectivity index (χ3v) is 6.21. The molecule has 2 fully saturated rings. The summed E-state index contributed by atoms with van der Waals surface area (Å²) in [6.07, 6.45) is 4.35. The first-order valence-corrected chi connectivity index (χ1v) is 9.01. The van der Waals surface area contributed by atoms with Crippen molar-refractivity contribution in [1.29, 1.82) is 0 Å². The Balaban J connectivity index is 1.78. The predicted molar refractivity (Wildman–Crippen MR) is 92.4 cm³/mol. The molecule has 2 aliphatic carbocycles. The minimum atomic E-state index is 0.531. The molecule has 2 saturated carbocycles. The first kappa shape index (κ1) is 13.8. The molecule has 3 unspecified atom stereocenters. The van der Waals surface area contributed by atoms with Gasteiger partial charge in [-0.05, 0) is 59.5 Å². The fourth-order valence-corrected chi connectivity index (χ4v) is 5.08. The molecule has 0 aliphatic heterocycles. The number of benzene rings is 2. The molecule has 21 heavy (non-hydrogen) atoms. The summed E-state index contributed by atoms with van der Waals surface area (Å²) >= 11 is 3.70. The first-order chi connectivity index (χ1) is 10.3. The van der Waals surface area contributed by atoms with Crippen LogP contribution in [0.5, 0.6) is 0 Å². The van der Waals surface area contributed by atoms with Crippen molar-refractivity contribution in [2.24, 2.45) is 17.8 Å². The van der Waals surface area contributed by atoms with Crippen LogP contribution in [0.3, 0.4) is 0 Å². The quantitative estimate of drug-likeness (QED) is 0.794. The Bertz CT molecular complexity index is 656. The van der Waals surface area contributed by atoms with E-state index in [1.165, 1.54) is 40.1 Å². The summed E-state index contributed by atoms with van der Waals surface area (Å²) in [5.41, 5.74) is 1.50. The molecule has 2 heteroatoms. The van der Waals surface area contributed by atoms with Crippen LogP contribution in [0, 0.1) is 17.8 Å². The second kappa shape index (κ2) is 5.40. The van der Waals surface area contributed by atoms with Crippen LogP contribution in [0.25, 0.3) is 10.8 Å². The van der Waals surface area contributed by atoms with Crippen LogP contribution in [-0.2, 0) is 0 Å². The molecule has 3 atom stereocenters. The Kier molecular flexibility index (Phi) is 3.55. The molecule has 2 aromatic rings. The van der Waals surface area contributed by atoms with Gasteiger partial charge in [-0.3, -0.25) is 0 Å². The van der Waals surface area contributed by atoms with Crippen molar-refractivity contribution in [2.45, 2.75) is 32.2 Å². The zero-order valence-electron chi connectivity index (χ0n) is 12.5. The predicted octanol–water partition coefficient (Wildman–Crippen LogP) is 5.30. The third kappa shape index (κ3) is 2.24. The van der Waals surface area contributed by atoms with Crippen LogP contribution < -0.4 is 5.32 Å². The number of rotatable bonds is 4. The van der Waals surface area contributed by atoms with Crippen molar-refractivity contribution < 1.29 is 0 Å². The van der Waals surface area contributed by atoms with Gasteiger partial charge in [-0.2, -0.15) is 0 Å². The van der Waals surface area contributed by atoms with E-state index in [0.717, 1.165) is 24.3 Å². The number of halogens is 1. The van der Waals surface area contributed by atoms with E-state index >= 15 is 0 Å². The summed E-state index contributed by atoms with van der Waals surface area (Å²) in [7, 11) is 0. The highest BCUT2D eigenvalue weighted by Gasteiger charge is 2.56. The molecule has 1 N–H and O–H groups in total. The largest absolute Gasteiger partial charge is 0.310 e. The molecule has 0 aromatic heterocycles. The van der Waals surface area contributed by atoms with Gasteiger partial charge in [-0.15, -0.1) is 0 Å². The van der Waals surface area contributed by atoms with E-state index in [1.807, 2.05) is 0 Å². The maximum absolute atomic E-state index is 3.79. The smallest absolute Gasteiger partial charge is 0.0360 e. The minimum absolute atomic E-state index is 0.531. The van der Waals surface area contributed by atoms with Crippen molar-refractivity contribution in [3.05, 3.63) is 46.4 Å². The lowest BCUT2D eigenvalue weighted by Gasteiger charge is -2.22. The average Bonchev–Trinajstić information content (AvgIpc) is 2.97. The van der Waals surface area contributed by atoms with Gasteiger partial charge in [0.05, 0.1) is 0 Å². The normalized spacial score (nSPS) is 28.6. The highest BCUT2D eigenvalue weighted by molar-refractivity contribution is 9.10. The monoisotopic (exact) mass is 343 g/mol. The Morgan fingerprint density at radius 3 is 2.52 bits per heavy atom. The van der Waals surface area contributed by atoms with Gasteiger partial charge in [0.25, 0.3) is 0 Å². The van der Waals surface area contributed by atoms with Gasteiger partial charge in [-0.1, -0.05) is 59.6 Å². The molecule has 0 radical (unpaired) electrons. The fourth-order valence-electron chi connectivity index (χ4n) is 4.60. The summed E-state index contributed by atoms with van der Waals surface area (Å²) in [6.45, 7) is 3.28. The Morgan fingerprint density at radius 1 is 1.10 bits per heavy atom. The van der Waals surface area contributed by atoms with E-state index in [-0.39, 0.29) is 0 Å². The van der Waals surface area contributed by atoms with Crippen molar-refractivity contribution in [3.63, 3.8) is 0 Å². The van der Waals surface area contributed by atoms with E-state index in [9.17, 15) is 0 Å². The van der Waals surface area contributed by atoms with Gasteiger partial charge in [0, 0.05) is 10.5 Å². The van der Waals surface area contributed by atoms with E-state index in [2.05, 4.69) is 64.6 Å².